The quantitative estimate of drug-likeness (QED) is 0.784. The number of hydrogen-bond donors (Lipinski definition) is 0. The lowest BCUT2D eigenvalue weighted by Gasteiger charge is -2.35. The van der Waals surface area contributed by atoms with E-state index in [2.05, 4.69) is 0 Å². The fourth-order valence-electron chi connectivity index (χ4n) is 2.76. The van der Waals surface area contributed by atoms with Gasteiger partial charge in [-0.3, -0.25) is 4.79 Å². The largest absolute Gasteiger partial charge is 0.384 e. The number of anilines is 1. The summed E-state index contributed by atoms with van der Waals surface area (Å²) < 4.78 is 19.3. The maximum absolute atomic E-state index is 14.1. The van der Waals surface area contributed by atoms with Crippen LogP contribution >= 0.6 is 0 Å². The number of nitrogens with zero attached hydrogens (tertiary/aromatic N) is 1. The van der Waals surface area contributed by atoms with Crippen molar-refractivity contribution in [3.05, 3.63) is 29.6 Å². The van der Waals surface area contributed by atoms with E-state index in [-0.39, 0.29) is 11.6 Å². The monoisotopic (exact) mass is 265 g/mol. The lowest BCUT2D eigenvalue weighted by Crippen LogP contribution is -2.38. The van der Waals surface area contributed by atoms with Crippen molar-refractivity contribution in [2.45, 2.75) is 19.8 Å². The second kappa shape index (κ2) is 6.15. The fraction of sp³-hybridized carbons (Fsp3) is 0.533. The first-order valence-corrected chi connectivity index (χ1v) is 6.66. The molecular weight excluding hydrogens is 245 g/mol. The Bertz CT molecular complexity index is 459. The molecule has 19 heavy (non-hydrogen) atoms. The van der Waals surface area contributed by atoms with Gasteiger partial charge in [-0.1, -0.05) is 6.07 Å². The Morgan fingerprint density at radius 1 is 1.53 bits per heavy atom. The number of ether oxygens (including phenoxy) is 1. The van der Waals surface area contributed by atoms with Crippen LogP contribution in [0.1, 0.15) is 30.1 Å². The molecule has 0 aliphatic carbocycles. The lowest BCUT2D eigenvalue weighted by atomic mass is 9.97. The smallest absolute Gasteiger partial charge is 0.161 e. The van der Waals surface area contributed by atoms with E-state index in [1.54, 1.807) is 19.2 Å². The Labute approximate surface area is 113 Å². The molecule has 0 radical (unpaired) electrons. The molecule has 1 atom stereocenters. The second-order valence-electron chi connectivity index (χ2n) is 5.10. The third-order valence-corrected chi connectivity index (χ3v) is 3.60. The highest BCUT2D eigenvalue weighted by molar-refractivity contribution is 5.99. The van der Waals surface area contributed by atoms with Gasteiger partial charge in [0.1, 0.15) is 5.82 Å². The van der Waals surface area contributed by atoms with Crippen molar-refractivity contribution in [2.24, 2.45) is 5.92 Å². The van der Waals surface area contributed by atoms with E-state index in [1.807, 2.05) is 4.90 Å². The molecule has 0 amide bonds. The van der Waals surface area contributed by atoms with Crippen LogP contribution in [-0.4, -0.2) is 32.6 Å². The zero-order chi connectivity index (χ0) is 13.8. The minimum atomic E-state index is -0.314. The summed E-state index contributed by atoms with van der Waals surface area (Å²) in [6, 6.07) is 4.70. The standard InChI is InChI=1S/C15H20FNO2/c1-11(18)13-6-3-7-14(16)15(13)17-8-4-5-12(9-17)10-19-2/h3,6-7,12H,4-5,8-10H2,1-2H3. The van der Waals surface area contributed by atoms with Gasteiger partial charge in [0.25, 0.3) is 0 Å². The van der Waals surface area contributed by atoms with Crippen LogP contribution in [0, 0.1) is 11.7 Å². The van der Waals surface area contributed by atoms with Gasteiger partial charge in [0.15, 0.2) is 5.78 Å². The number of benzene rings is 1. The van der Waals surface area contributed by atoms with Crippen molar-refractivity contribution < 1.29 is 13.9 Å². The highest BCUT2D eigenvalue weighted by atomic mass is 19.1. The van der Waals surface area contributed by atoms with Crippen molar-refractivity contribution in [1.82, 2.24) is 0 Å². The summed E-state index contributed by atoms with van der Waals surface area (Å²) in [4.78, 5) is 13.6. The molecule has 1 unspecified atom stereocenters. The van der Waals surface area contributed by atoms with Crippen LogP contribution in [0.2, 0.25) is 0 Å². The third kappa shape index (κ3) is 3.13. The number of para-hydroxylation sites is 1. The molecule has 0 aromatic heterocycles. The van der Waals surface area contributed by atoms with Gasteiger partial charge in [0.2, 0.25) is 0 Å². The average Bonchev–Trinajstić information content (AvgIpc) is 2.39. The molecule has 0 saturated carbocycles. The van der Waals surface area contributed by atoms with E-state index in [9.17, 15) is 9.18 Å². The Morgan fingerprint density at radius 2 is 2.32 bits per heavy atom. The number of ketones is 1. The van der Waals surface area contributed by atoms with Gasteiger partial charge >= 0.3 is 0 Å². The van der Waals surface area contributed by atoms with Gasteiger partial charge in [-0.25, -0.2) is 4.39 Å². The normalized spacial score (nSPS) is 19.5. The SMILES string of the molecule is COCC1CCCN(c2c(F)cccc2C(C)=O)C1. The summed E-state index contributed by atoms with van der Waals surface area (Å²) in [5, 5.41) is 0. The third-order valence-electron chi connectivity index (χ3n) is 3.60. The van der Waals surface area contributed by atoms with E-state index in [1.165, 1.54) is 13.0 Å². The van der Waals surface area contributed by atoms with Crippen molar-refractivity contribution in [2.75, 3.05) is 31.7 Å². The number of methoxy groups -OCH3 is 1. The van der Waals surface area contributed by atoms with Crippen LogP contribution in [-0.2, 0) is 4.74 Å². The first-order valence-electron chi connectivity index (χ1n) is 6.66. The molecule has 1 aromatic rings. The predicted octanol–water partition coefficient (Wildman–Crippen LogP) is 2.89. The van der Waals surface area contributed by atoms with Crippen LogP contribution in [0.25, 0.3) is 0 Å². The molecule has 1 aliphatic heterocycles. The number of carbonyl (C=O) groups excluding carboxylic acids is 1. The summed E-state index contributed by atoms with van der Waals surface area (Å²) in [7, 11) is 1.68. The summed E-state index contributed by atoms with van der Waals surface area (Å²) in [5.41, 5.74) is 0.925. The van der Waals surface area contributed by atoms with Crippen molar-refractivity contribution >= 4 is 11.5 Å². The van der Waals surface area contributed by atoms with Gasteiger partial charge in [-0.2, -0.15) is 0 Å². The number of halogens is 1. The number of carbonyl (C=O) groups is 1. The van der Waals surface area contributed by atoms with Crippen LogP contribution < -0.4 is 4.90 Å². The number of piperidine rings is 1. The molecule has 104 valence electrons. The van der Waals surface area contributed by atoms with E-state index < -0.39 is 0 Å². The minimum absolute atomic E-state index is 0.0941. The van der Waals surface area contributed by atoms with E-state index in [0.717, 1.165) is 25.9 Å². The zero-order valence-corrected chi connectivity index (χ0v) is 11.5. The van der Waals surface area contributed by atoms with Crippen LogP contribution in [0.3, 0.4) is 0 Å². The number of hydrogen-bond acceptors (Lipinski definition) is 3. The van der Waals surface area contributed by atoms with E-state index >= 15 is 0 Å². The number of rotatable bonds is 4. The molecule has 1 aromatic carbocycles. The van der Waals surface area contributed by atoms with Crippen LogP contribution in [0.5, 0.6) is 0 Å². The molecule has 1 fully saturated rings. The van der Waals surface area contributed by atoms with Crippen molar-refractivity contribution in [3.63, 3.8) is 0 Å². The highest BCUT2D eigenvalue weighted by Crippen LogP contribution is 2.29. The first kappa shape index (κ1) is 14.0. The topological polar surface area (TPSA) is 29.5 Å². The van der Waals surface area contributed by atoms with Gasteiger partial charge in [-0.15, -0.1) is 0 Å². The first-order chi connectivity index (χ1) is 9.13. The Morgan fingerprint density at radius 3 is 3.00 bits per heavy atom. The summed E-state index contributed by atoms with van der Waals surface area (Å²) >= 11 is 0. The Kier molecular flexibility index (Phi) is 4.53. The average molecular weight is 265 g/mol. The summed E-state index contributed by atoms with van der Waals surface area (Å²) in [6.45, 7) is 3.70. The van der Waals surface area contributed by atoms with Crippen LogP contribution in [0.15, 0.2) is 18.2 Å². The summed E-state index contributed by atoms with van der Waals surface area (Å²) in [5.74, 6) is -0.00713. The lowest BCUT2D eigenvalue weighted by molar-refractivity contribution is 0.101. The minimum Gasteiger partial charge on any atom is -0.384 e. The van der Waals surface area contributed by atoms with Gasteiger partial charge in [0.05, 0.1) is 12.3 Å². The molecule has 1 aliphatic rings. The predicted molar refractivity (Wildman–Crippen MR) is 73.2 cm³/mol. The summed E-state index contributed by atoms with van der Waals surface area (Å²) in [6.07, 6.45) is 2.09. The van der Waals surface area contributed by atoms with Gasteiger partial charge in [0, 0.05) is 25.8 Å². The molecule has 3 nitrogen and oxygen atoms in total. The maximum Gasteiger partial charge on any atom is 0.161 e. The zero-order valence-electron chi connectivity index (χ0n) is 11.5. The molecule has 2 rings (SSSR count). The molecule has 0 bridgehead atoms. The van der Waals surface area contributed by atoms with Crippen molar-refractivity contribution in [3.8, 4) is 0 Å². The second-order valence-corrected chi connectivity index (χ2v) is 5.10. The Balaban J connectivity index is 2.28. The Hall–Kier alpha value is -1.42. The van der Waals surface area contributed by atoms with Crippen molar-refractivity contribution in [1.29, 1.82) is 0 Å². The van der Waals surface area contributed by atoms with E-state index in [0.29, 0.717) is 23.8 Å². The molecule has 0 N–H and O–H groups in total. The van der Waals surface area contributed by atoms with Gasteiger partial charge < -0.3 is 9.64 Å². The van der Waals surface area contributed by atoms with Gasteiger partial charge in [-0.05, 0) is 37.8 Å². The highest BCUT2D eigenvalue weighted by Gasteiger charge is 2.25. The molecule has 1 heterocycles. The maximum atomic E-state index is 14.1. The van der Waals surface area contributed by atoms with Crippen LogP contribution in [0.4, 0.5) is 10.1 Å². The fourth-order valence-corrected chi connectivity index (χ4v) is 2.76. The molecule has 0 spiro atoms. The number of Topliss-reactive ketones (excluding diaryl/α,β-unsaturated/α-hetero) is 1. The molecule has 4 heteroatoms. The molecular formula is C15H20FNO2. The van der Waals surface area contributed by atoms with E-state index in [4.69, 9.17) is 4.74 Å². The molecule has 1 saturated heterocycles.